The van der Waals surface area contributed by atoms with E-state index in [9.17, 15) is 28.8 Å². The van der Waals surface area contributed by atoms with Gasteiger partial charge in [0.1, 0.15) is 18.1 Å². The number of halogens is 1. The number of fused-ring (bicyclic) bond motifs is 3. The Morgan fingerprint density at radius 2 is 0.558 bits per heavy atom. The van der Waals surface area contributed by atoms with Crippen molar-refractivity contribution in [3.63, 3.8) is 0 Å². The van der Waals surface area contributed by atoms with E-state index in [0.717, 1.165) is 99.9 Å². The maximum absolute atomic E-state index is 14.4. The molecule has 0 bridgehead atoms. The highest BCUT2D eigenvalue weighted by Crippen LogP contribution is 2.37. The summed E-state index contributed by atoms with van der Waals surface area (Å²) in [5.41, 5.74) is 32.5. The molecule has 0 aliphatic rings. The second kappa shape index (κ2) is 36.0. The van der Waals surface area contributed by atoms with E-state index >= 15 is 0 Å². The molecule has 0 aliphatic heterocycles. The maximum atomic E-state index is 14.4. The Kier molecular flexibility index (Phi) is 25.5. The van der Waals surface area contributed by atoms with Crippen molar-refractivity contribution < 1.29 is 28.8 Å². The van der Waals surface area contributed by atoms with Gasteiger partial charge in [0.15, 0.2) is 0 Å². The average Bonchev–Trinajstić information content (AvgIpc) is 1.65. The van der Waals surface area contributed by atoms with Gasteiger partial charge in [-0.15, -0.1) is 12.4 Å². The van der Waals surface area contributed by atoms with Crippen LogP contribution in [0.1, 0.15) is 97.1 Å². The predicted molar refractivity (Wildman–Crippen MR) is 420 cm³/mol. The van der Waals surface area contributed by atoms with Crippen molar-refractivity contribution in [3.05, 3.63) is 270 Å². The first-order chi connectivity index (χ1) is 50.4. The molecule has 3 aromatic heterocycles. The Labute approximate surface area is 611 Å². The van der Waals surface area contributed by atoms with Gasteiger partial charge in [-0.3, -0.25) is 28.8 Å². The predicted octanol–water partition coefficient (Wildman–Crippen LogP) is 14.1. The molecular weight excluding hydrogens is 1320 g/mol. The first-order valence-corrected chi connectivity index (χ1v) is 35.6. The number of aromatic nitrogens is 3. The number of hydrogen-bond acceptors (Lipinski definition) is 9. The fourth-order valence-electron chi connectivity index (χ4n) is 13.7. The molecule has 0 fully saturated rings. The lowest BCUT2D eigenvalue weighted by Gasteiger charge is -2.22. The van der Waals surface area contributed by atoms with Crippen molar-refractivity contribution in [2.24, 2.45) is 17.2 Å². The Bertz CT molecular complexity index is 4380. The summed E-state index contributed by atoms with van der Waals surface area (Å²) in [6.07, 6.45) is 5.12. The molecule has 6 amide bonds. The maximum Gasteiger partial charge on any atom is 0.246 e. The Hall–Kier alpha value is -11.4. The highest BCUT2D eigenvalue weighted by molar-refractivity contribution is 6.03. The quantitative estimate of drug-likeness (QED) is 0.0137. The number of aromatic amines is 3. The van der Waals surface area contributed by atoms with Crippen LogP contribution in [0.2, 0.25) is 0 Å². The van der Waals surface area contributed by atoms with E-state index in [4.69, 9.17) is 17.2 Å². The van der Waals surface area contributed by atoms with Crippen molar-refractivity contribution in [1.29, 1.82) is 0 Å². The van der Waals surface area contributed by atoms with Crippen molar-refractivity contribution in [1.82, 2.24) is 30.9 Å². The van der Waals surface area contributed by atoms with Gasteiger partial charge in [0.25, 0.3) is 0 Å². The summed E-state index contributed by atoms with van der Waals surface area (Å²) in [6.45, 7) is 1.32. The summed E-state index contributed by atoms with van der Waals surface area (Å²) in [7, 11) is 0. The third-order valence-electron chi connectivity index (χ3n) is 19.0. The molecule has 0 spiro atoms. The van der Waals surface area contributed by atoms with Crippen LogP contribution in [-0.2, 0) is 48.0 Å². The van der Waals surface area contributed by atoms with Gasteiger partial charge >= 0.3 is 0 Å². The number of H-pyrrole nitrogens is 3. The molecule has 3 atom stereocenters. The molecule has 0 radical (unpaired) electrons. The molecule has 19 heteroatoms. The van der Waals surface area contributed by atoms with Gasteiger partial charge in [0.05, 0.1) is 36.3 Å². The molecule has 104 heavy (non-hydrogen) atoms. The summed E-state index contributed by atoms with van der Waals surface area (Å²) < 4.78 is 0. The average molecular weight is 1410 g/mol. The van der Waals surface area contributed by atoms with Crippen molar-refractivity contribution in [2.45, 2.75) is 101 Å². The van der Waals surface area contributed by atoms with Crippen molar-refractivity contribution in [2.75, 3.05) is 35.6 Å². The molecule has 532 valence electrons. The van der Waals surface area contributed by atoms with E-state index < -0.39 is 24.0 Å². The second-order valence-corrected chi connectivity index (χ2v) is 26.2. The van der Waals surface area contributed by atoms with Crippen LogP contribution in [0.5, 0.6) is 0 Å². The molecule has 0 saturated heterocycles. The lowest BCUT2D eigenvalue weighted by atomic mass is 9.85. The van der Waals surface area contributed by atoms with E-state index in [1.54, 1.807) is 0 Å². The van der Waals surface area contributed by atoms with E-state index in [1.165, 1.54) is 0 Å². The summed E-state index contributed by atoms with van der Waals surface area (Å²) in [5, 5.41) is 21.2. The fraction of sp³-hybridized carbons (Fsp3) is 0.224. The zero-order valence-electron chi connectivity index (χ0n) is 58.0. The number of anilines is 3. The number of amides is 6. The molecule has 9 aromatic carbocycles. The molecule has 12 rings (SSSR count). The molecule has 15 N–H and O–H groups in total. The van der Waals surface area contributed by atoms with E-state index in [2.05, 4.69) is 46.9 Å². The van der Waals surface area contributed by atoms with Gasteiger partial charge in [-0.1, -0.05) is 182 Å². The molecule has 0 saturated carbocycles. The first kappa shape index (κ1) is 73.8. The fourth-order valence-corrected chi connectivity index (χ4v) is 13.7. The van der Waals surface area contributed by atoms with Crippen LogP contribution < -0.4 is 49.1 Å². The van der Waals surface area contributed by atoms with E-state index in [0.29, 0.717) is 94.5 Å². The molecule has 3 heterocycles. The number of unbranched alkanes of at least 4 members (excludes halogenated alkanes) is 3. The van der Waals surface area contributed by atoms with Crippen LogP contribution in [-0.4, -0.2) is 88.2 Å². The molecular formula is C85H89ClN12O6. The summed E-state index contributed by atoms with van der Waals surface area (Å²) in [4.78, 5) is 96.2. The highest BCUT2D eigenvalue weighted by Gasteiger charge is 2.28. The summed E-state index contributed by atoms with van der Waals surface area (Å²) in [6, 6.07) is 73.3. The molecule has 18 nitrogen and oxygen atoms in total. The minimum absolute atomic E-state index is 0. The molecule has 0 unspecified atom stereocenters. The summed E-state index contributed by atoms with van der Waals surface area (Å²) in [5.74, 6) is -2.41. The Morgan fingerprint density at radius 1 is 0.308 bits per heavy atom. The van der Waals surface area contributed by atoms with Crippen molar-refractivity contribution >= 4 is 97.6 Å². The highest BCUT2D eigenvalue weighted by atomic mass is 35.5. The van der Waals surface area contributed by atoms with Crippen LogP contribution in [0.3, 0.4) is 0 Å². The number of benzene rings is 9. The van der Waals surface area contributed by atoms with Crippen molar-refractivity contribution in [3.8, 4) is 33.8 Å². The zero-order valence-corrected chi connectivity index (χ0v) is 58.8. The minimum Gasteiger partial charge on any atom is -0.354 e. The zero-order chi connectivity index (χ0) is 71.4. The standard InChI is InChI=1S/C85H88N12O6.ClH/c86-49-19-16-34-73(92-76(98)52-67-64-28-10-13-31-70(64)95-80(67)58-22-4-1-5-23-58)83(101)89-61-43-37-55(38-44-61)79(56-39-45-62(46-40-56)90-84(102)74(35-17-20-50-87)93-77(99)53-68-65-29-11-14-32-71(65)96-81(68)59-24-6-2-7-25-59)57-41-47-63(48-42-57)91-85(103)75(36-18-21-51-88)94-78(100)54-69-66-30-12-15-33-72(66)97-82(69)60-26-8-3-9-27-60;/h1-15,22-33,37-48,73-75,79,95-97H,16-21,34-36,49-54,86-88H2,(H,89,101)(H,90,102)(H,91,103)(H,92,98)(H,93,99)(H,94,100);1H/t73-,74-,75-;/m0./s1. The topological polar surface area (TPSA) is 300 Å². The first-order valence-electron chi connectivity index (χ1n) is 35.6. The monoisotopic (exact) mass is 1410 g/mol. The number of hydrogen-bond donors (Lipinski definition) is 12. The lowest BCUT2D eigenvalue weighted by Crippen LogP contribution is -2.44. The number of nitrogens with two attached hydrogens (primary N) is 3. The molecule has 0 aliphatic carbocycles. The summed E-state index contributed by atoms with van der Waals surface area (Å²) >= 11 is 0. The van der Waals surface area contributed by atoms with E-state index in [-0.39, 0.29) is 67.1 Å². The number of rotatable bonds is 33. The van der Waals surface area contributed by atoms with Crippen LogP contribution in [0.4, 0.5) is 17.1 Å². The number of para-hydroxylation sites is 3. The van der Waals surface area contributed by atoms with Gasteiger partial charge in [-0.05, 0) is 182 Å². The van der Waals surface area contributed by atoms with Crippen LogP contribution in [0.15, 0.2) is 237 Å². The van der Waals surface area contributed by atoms with Gasteiger partial charge in [0, 0.05) is 55.7 Å². The van der Waals surface area contributed by atoms with Crippen LogP contribution >= 0.6 is 12.4 Å². The smallest absolute Gasteiger partial charge is 0.246 e. The third kappa shape index (κ3) is 18.4. The largest absolute Gasteiger partial charge is 0.354 e. The van der Waals surface area contributed by atoms with Gasteiger partial charge < -0.3 is 64.1 Å². The van der Waals surface area contributed by atoms with Gasteiger partial charge in [-0.25, -0.2) is 0 Å². The SMILES string of the molecule is Cl.NCCCC[C@H](NC(=O)Cc1c(-c2ccccc2)[nH]c2ccccc12)C(=O)Nc1ccc(C(c2ccc(NC(=O)[C@H](CCCCN)NC(=O)Cc3c(-c4ccccc4)[nH]c4ccccc34)cc2)c2ccc(NC(=O)[C@H](CCCCN)NC(=O)Cc3c(-c4ccccc4)[nH]c4ccccc34)cc2)cc1. The lowest BCUT2D eigenvalue weighted by molar-refractivity contribution is -0.126. The van der Waals surface area contributed by atoms with E-state index in [1.807, 2.05) is 237 Å². The minimum atomic E-state index is -0.860. The normalized spacial score (nSPS) is 12.1. The van der Waals surface area contributed by atoms with Crippen LogP contribution in [0.25, 0.3) is 66.5 Å². The Balaban J connectivity index is 0.0000108. The number of carbonyl (C=O) groups excluding carboxylic acids is 6. The molecule has 12 aromatic rings. The number of nitrogens with one attached hydrogen (secondary N) is 9. The van der Waals surface area contributed by atoms with Crippen LogP contribution in [0, 0.1) is 0 Å². The van der Waals surface area contributed by atoms with Gasteiger partial charge in [0.2, 0.25) is 35.4 Å². The third-order valence-corrected chi connectivity index (χ3v) is 19.0. The number of carbonyl (C=O) groups is 6. The second-order valence-electron chi connectivity index (χ2n) is 26.2. The van der Waals surface area contributed by atoms with Gasteiger partial charge in [-0.2, -0.15) is 0 Å². The Morgan fingerprint density at radius 3 is 0.817 bits per heavy atom.